The summed E-state index contributed by atoms with van der Waals surface area (Å²) in [5, 5.41) is 1.12. The van der Waals surface area contributed by atoms with E-state index in [1.807, 2.05) is 0 Å². The van der Waals surface area contributed by atoms with Crippen LogP contribution >= 0.6 is 11.3 Å². The van der Waals surface area contributed by atoms with E-state index in [4.69, 9.17) is 5.73 Å². The lowest BCUT2D eigenvalue weighted by molar-refractivity contribution is -0.122. The lowest BCUT2D eigenvalue weighted by atomic mass is 9.92. The number of rotatable bonds is 2. The zero-order chi connectivity index (χ0) is 15.1. The largest absolute Gasteiger partial charge is 0.369 e. The van der Waals surface area contributed by atoms with E-state index in [0.717, 1.165) is 28.9 Å². The number of thiophene rings is 1. The van der Waals surface area contributed by atoms with Gasteiger partial charge in [0.05, 0.1) is 11.3 Å². The topological polar surface area (TPSA) is 72.1 Å². The Kier molecular flexibility index (Phi) is 3.57. The Morgan fingerprint density at radius 3 is 2.86 bits per heavy atom. The number of hydrogen-bond donors (Lipinski definition) is 1. The highest BCUT2D eigenvalue weighted by atomic mass is 32.1. The van der Waals surface area contributed by atoms with Crippen molar-refractivity contribution in [1.29, 1.82) is 0 Å². The molecular formula is C15H20N4OS. The molecule has 2 N–H and O–H groups in total. The van der Waals surface area contributed by atoms with Crippen LogP contribution in [-0.2, 0) is 4.79 Å². The van der Waals surface area contributed by atoms with E-state index in [1.54, 1.807) is 17.7 Å². The van der Waals surface area contributed by atoms with Gasteiger partial charge in [0.25, 0.3) is 0 Å². The predicted octanol–water partition coefficient (Wildman–Crippen LogP) is 2.40. The molecule has 112 valence electrons. The van der Waals surface area contributed by atoms with Crippen LogP contribution in [0.3, 0.4) is 0 Å². The van der Waals surface area contributed by atoms with Crippen molar-refractivity contribution in [2.75, 3.05) is 11.4 Å². The molecule has 2 atom stereocenters. The molecule has 1 fully saturated rings. The molecule has 1 aliphatic heterocycles. The summed E-state index contributed by atoms with van der Waals surface area (Å²) in [7, 11) is 0. The van der Waals surface area contributed by atoms with Gasteiger partial charge in [0.1, 0.15) is 17.0 Å². The zero-order valence-electron chi connectivity index (χ0n) is 12.6. The van der Waals surface area contributed by atoms with Crippen molar-refractivity contribution >= 4 is 33.3 Å². The number of carbonyl (C=O) groups is 1. The van der Waals surface area contributed by atoms with Crippen LogP contribution in [0.15, 0.2) is 6.33 Å². The molecule has 0 unspecified atom stereocenters. The van der Waals surface area contributed by atoms with Crippen molar-refractivity contribution in [3.05, 3.63) is 16.8 Å². The second-order valence-electron chi connectivity index (χ2n) is 5.84. The summed E-state index contributed by atoms with van der Waals surface area (Å²) >= 11 is 1.70. The summed E-state index contributed by atoms with van der Waals surface area (Å²) in [5.41, 5.74) is 6.74. The standard InChI is InChI=1S/C15H20N4OS/c1-8-4-5-11(13(16)20)6-19(8)14-12-9(2)10(3)21-15(12)18-7-17-14/h7-8,11H,4-6H2,1-3H3,(H2,16,20)/t8-,11-/m1/s1. The number of nitrogens with zero attached hydrogens (tertiary/aromatic N) is 3. The van der Waals surface area contributed by atoms with Crippen molar-refractivity contribution in [1.82, 2.24) is 9.97 Å². The van der Waals surface area contributed by atoms with Crippen molar-refractivity contribution in [3.63, 3.8) is 0 Å². The summed E-state index contributed by atoms with van der Waals surface area (Å²) < 4.78 is 0. The third kappa shape index (κ3) is 2.37. The minimum atomic E-state index is -0.213. The Hall–Kier alpha value is -1.69. The molecule has 0 bridgehead atoms. The molecule has 0 radical (unpaired) electrons. The van der Waals surface area contributed by atoms with Crippen LogP contribution in [0.4, 0.5) is 5.82 Å². The number of fused-ring (bicyclic) bond motifs is 1. The minimum Gasteiger partial charge on any atom is -0.369 e. The molecule has 1 saturated heterocycles. The summed E-state index contributed by atoms with van der Waals surface area (Å²) in [6, 6.07) is 0.360. The molecule has 0 aliphatic carbocycles. The van der Waals surface area contributed by atoms with Gasteiger partial charge in [-0.3, -0.25) is 4.79 Å². The van der Waals surface area contributed by atoms with E-state index < -0.39 is 0 Å². The maximum absolute atomic E-state index is 11.5. The number of carbonyl (C=O) groups excluding carboxylic acids is 1. The number of primary amides is 1. The first kappa shape index (κ1) is 14.3. The molecule has 3 rings (SSSR count). The molecule has 21 heavy (non-hydrogen) atoms. The smallest absolute Gasteiger partial charge is 0.222 e. The second kappa shape index (κ2) is 5.26. The molecule has 3 heterocycles. The fourth-order valence-corrected chi connectivity index (χ4v) is 4.01. The number of anilines is 1. The number of nitrogens with two attached hydrogens (primary N) is 1. The lowest BCUT2D eigenvalue weighted by Crippen LogP contribution is -2.46. The van der Waals surface area contributed by atoms with E-state index in [0.29, 0.717) is 12.6 Å². The van der Waals surface area contributed by atoms with Gasteiger partial charge < -0.3 is 10.6 Å². The average Bonchev–Trinajstić information content (AvgIpc) is 2.74. The maximum Gasteiger partial charge on any atom is 0.222 e. The summed E-state index contributed by atoms with van der Waals surface area (Å²) in [4.78, 5) is 25.0. The molecule has 1 amide bonds. The van der Waals surface area contributed by atoms with Gasteiger partial charge in [0.2, 0.25) is 5.91 Å². The third-order valence-corrected chi connectivity index (χ3v) is 5.62. The first-order valence-electron chi connectivity index (χ1n) is 7.25. The van der Waals surface area contributed by atoms with Crippen LogP contribution in [0.5, 0.6) is 0 Å². The van der Waals surface area contributed by atoms with Gasteiger partial charge >= 0.3 is 0 Å². The van der Waals surface area contributed by atoms with Gasteiger partial charge in [-0.05, 0) is 39.2 Å². The molecule has 0 spiro atoms. The van der Waals surface area contributed by atoms with Crippen LogP contribution in [0.1, 0.15) is 30.2 Å². The first-order valence-corrected chi connectivity index (χ1v) is 8.07. The van der Waals surface area contributed by atoms with Gasteiger partial charge in [-0.25, -0.2) is 9.97 Å². The summed E-state index contributed by atoms with van der Waals surface area (Å²) in [6.07, 6.45) is 3.44. The van der Waals surface area contributed by atoms with E-state index in [2.05, 4.69) is 35.6 Å². The quantitative estimate of drug-likeness (QED) is 0.924. The van der Waals surface area contributed by atoms with Crippen LogP contribution in [0.25, 0.3) is 10.2 Å². The monoisotopic (exact) mass is 304 g/mol. The average molecular weight is 304 g/mol. The molecule has 0 aromatic carbocycles. The SMILES string of the molecule is Cc1sc2ncnc(N3C[C@H](C(N)=O)CC[C@H]3C)c2c1C. The van der Waals surface area contributed by atoms with Crippen LogP contribution in [-0.4, -0.2) is 28.5 Å². The van der Waals surface area contributed by atoms with Crippen LogP contribution in [0, 0.1) is 19.8 Å². The van der Waals surface area contributed by atoms with Crippen molar-refractivity contribution in [2.24, 2.45) is 11.7 Å². The highest BCUT2D eigenvalue weighted by Gasteiger charge is 2.31. The third-order valence-electron chi connectivity index (χ3n) is 4.50. The maximum atomic E-state index is 11.5. The number of amides is 1. The van der Waals surface area contributed by atoms with Gasteiger partial charge in [0, 0.05) is 17.5 Å². The normalized spacial score (nSPS) is 22.7. The minimum absolute atomic E-state index is 0.0914. The Morgan fingerprint density at radius 1 is 1.38 bits per heavy atom. The number of aryl methyl sites for hydroxylation is 2. The fourth-order valence-electron chi connectivity index (χ4n) is 3.02. The van der Waals surface area contributed by atoms with Crippen LogP contribution in [0.2, 0.25) is 0 Å². The van der Waals surface area contributed by atoms with Gasteiger partial charge in [-0.1, -0.05) is 0 Å². The number of hydrogen-bond acceptors (Lipinski definition) is 5. The fraction of sp³-hybridized carbons (Fsp3) is 0.533. The van der Waals surface area contributed by atoms with Gasteiger partial charge in [0.15, 0.2) is 0 Å². The van der Waals surface area contributed by atoms with E-state index >= 15 is 0 Å². The van der Waals surface area contributed by atoms with Crippen molar-refractivity contribution < 1.29 is 4.79 Å². The molecule has 0 saturated carbocycles. The van der Waals surface area contributed by atoms with Gasteiger partial charge in [-0.15, -0.1) is 11.3 Å². The van der Waals surface area contributed by atoms with Crippen LogP contribution < -0.4 is 10.6 Å². The Balaban J connectivity index is 2.08. The van der Waals surface area contributed by atoms with E-state index in [9.17, 15) is 4.79 Å². The highest BCUT2D eigenvalue weighted by molar-refractivity contribution is 7.18. The van der Waals surface area contributed by atoms with Gasteiger partial charge in [-0.2, -0.15) is 0 Å². The molecule has 2 aromatic rings. The van der Waals surface area contributed by atoms with Crippen molar-refractivity contribution in [2.45, 2.75) is 39.7 Å². The molecule has 5 nitrogen and oxygen atoms in total. The molecule has 2 aromatic heterocycles. The summed E-state index contributed by atoms with van der Waals surface area (Å²) in [6.45, 7) is 7.05. The lowest BCUT2D eigenvalue weighted by Gasteiger charge is -2.38. The first-order chi connectivity index (χ1) is 9.99. The van der Waals surface area contributed by atoms with Crippen molar-refractivity contribution in [3.8, 4) is 0 Å². The number of piperidine rings is 1. The number of aromatic nitrogens is 2. The predicted molar refractivity (Wildman–Crippen MR) is 85.6 cm³/mol. The Labute approximate surface area is 128 Å². The van der Waals surface area contributed by atoms with E-state index in [1.165, 1.54) is 10.4 Å². The molecule has 1 aliphatic rings. The molecule has 6 heteroatoms. The zero-order valence-corrected chi connectivity index (χ0v) is 13.4. The Morgan fingerprint density at radius 2 is 2.14 bits per heavy atom. The second-order valence-corrected chi connectivity index (χ2v) is 7.04. The summed E-state index contributed by atoms with van der Waals surface area (Å²) in [5.74, 6) is 0.641. The Bertz CT molecular complexity index is 696. The van der Waals surface area contributed by atoms with E-state index in [-0.39, 0.29) is 11.8 Å². The highest BCUT2D eigenvalue weighted by Crippen LogP contribution is 2.37. The molecular weight excluding hydrogens is 284 g/mol.